The summed E-state index contributed by atoms with van der Waals surface area (Å²) in [5.41, 5.74) is 1.31. The highest BCUT2D eigenvalue weighted by molar-refractivity contribution is 7.92. The van der Waals surface area contributed by atoms with Gasteiger partial charge in [0.2, 0.25) is 0 Å². The molecule has 1 heterocycles. The second-order valence-corrected chi connectivity index (χ2v) is 11.6. The Hall–Kier alpha value is -2.54. The molecule has 2 aromatic rings. The Balaban J connectivity index is 1.70. The lowest BCUT2D eigenvalue weighted by Crippen LogP contribution is -2.52. The van der Waals surface area contributed by atoms with Crippen LogP contribution in [0.5, 0.6) is 5.75 Å². The largest absolute Gasteiger partial charge is 0.476 e. The molecule has 1 unspecified atom stereocenters. The molecular weight excluding hydrogens is 424 g/mol. The molecule has 1 N–H and O–H groups in total. The van der Waals surface area contributed by atoms with E-state index in [9.17, 15) is 13.2 Å². The number of benzene rings is 2. The van der Waals surface area contributed by atoms with E-state index in [1.165, 1.54) is 10.7 Å². The molecule has 1 fully saturated rings. The van der Waals surface area contributed by atoms with E-state index in [1.807, 2.05) is 12.1 Å². The average molecular weight is 457 g/mol. The fourth-order valence-corrected chi connectivity index (χ4v) is 5.83. The second-order valence-electron chi connectivity index (χ2n) is 9.73. The van der Waals surface area contributed by atoms with Crippen LogP contribution in [0.4, 0.5) is 5.69 Å². The van der Waals surface area contributed by atoms with Crippen molar-refractivity contribution in [1.82, 2.24) is 5.32 Å². The van der Waals surface area contributed by atoms with Gasteiger partial charge in [0, 0.05) is 6.04 Å². The Labute approximate surface area is 191 Å². The molecule has 0 radical (unpaired) electrons. The summed E-state index contributed by atoms with van der Waals surface area (Å²) >= 11 is 0. The fourth-order valence-electron chi connectivity index (χ4n) is 4.34. The zero-order valence-electron chi connectivity index (χ0n) is 19.0. The van der Waals surface area contributed by atoms with Gasteiger partial charge < -0.3 is 10.1 Å². The van der Waals surface area contributed by atoms with Gasteiger partial charge in [0.25, 0.3) is 15.9 Å². The molecule has 4 rings (SSSR count). The first-order valence-corrected chi connectivity index (χ1v) is 12.8. The third kappa shape index (κ3) is 4.63. The lowest BCUT2D eigenvalue weighted by molar-refractivity contribution is -0.128. The van der Waals surface area contributed by atoms with Gasteiger partial charge in [0.05, 0.1) is 17.1 Å². The number of anilines is 1. The molecule has 1 aliphatic carbocycles. The summed E-state index contributed by atoms with van der Waals surface area (Å²) in [7, 11) is -3.86. The summed E-state index contributed by atoms with van der Waals surface area (Å²) in [6, 6.07) is 14.1. The van der Waals surface area contributed by atoms with Gasteiger partial charge >= 0.3 is 0 Å². The maximum absolute atomic E-state index is 13.6. The van der Waals surface area contributed by atoms with Crippen molar-refractivity contribution in [3.63, 3.8) is 0 Å². The number of sulfonamides is 1. The minimum absolute atomic E-state index is 0.0591. The van der Waals surface area contributed by atoms with Crippen LogP contribution < -0.4 is 14.4 Å². The maximum Gasteiger partial charge on any atom is 0.264 e. The van der Waals surface area contributed by atoms with Crippen LogP contribution in [-0.2, 0) is 20.2 Å². The van der Waals surface area contributed by atoms with Crippen LogP contribution in [0.25, 0.3) is 0 Å². The van der Waals surface area contributed by atoms with Gasteiger partial charge in [0.1, 0.15) is 5.75 Å². The normalized spacial score (nSPS) is 19.7. The standard InChI is InChI=1S/C25H32N2O4S/c1-25(2,3)18-14-15-22-21(16-18)27(32(29,30)20-12-8-5-9-13-20)17-23(31-22)24(28)26-19-10-6-4-7-11-19/h5,8-9,12-16,19,23H,4,6-7,10-11,17H2,1-3H3,(H,26,28). The number of amides is 1. The number of rotatable bonds is 4. The third-order valence-corrected chi connectivity index (χ3v) is 8.06. The predicted octanol–water partition coefficient (Wildman–Crippen LogP) is 4.39. The molecule has 2 aliphatic rings. The number of ether oxygens (including phenoxy) is 1. The van der Waals surface area contributed by atoms with Crippen molar-refractivity contribution >= 4 is 21.6 Å². The Bertz CT molecular complexity index is 1070. The van der Waals surface area contributed by atoms with E-state index in [4.69, 9.17) is 4.74 Å². The smallest absolute Gasteiger partial charge is 0.264 e. The second kappa shape index (κ2) is 8.77. The molecule has 1 aliphatic heterocycles. The first-order chi connectivity index (χ1) is 15.2. The molecule has 7 heteroatoms. The Morgan fingerprint density at radius 3 is 2.38 bits per heavy atom. The highest BCUT2D eigenvalue weighted by Crippen LogP contribution is 2.40. The number of hydrogen-bond acceptors (Lipinski definition) is 4. The zero-order chi connectivity index (χ0) is 22.9. The zero-order valence-corrected chi connectivity index (χ0v) is 19.8. The lowest BCUT2D eigenvalue weighted by atomic mass is 9.86. The predicted molar refractivity (Wildman–Crippen MR) is 126 cm³/mol. The van der Waals surface area contributed by atoms with Crippen molar-refractivity contribution in [3.8, 4) is 5.75 Å². The SMILES string of the molecule is CC(C)(C)c1ccc2c(c1)N(S(=O)(=O)c1ccccc1)CC(C(=O)NC1CCCCC1)O2. The first kappa shape index (κ1) is 22.6. The maximum atomic E-state index is 13.6. The van der Waals surface area contributed by atoms with Gasteiger partial charge in [0.15, 0.2) is 6.10 Å². The summed E-state index contributed by atoms with van der Waals surface area (Å²) in [5, 5.41) is 3.08. The van der Waals surface area contributed by atoms with Crippen LogP contribution in [0.3, 0.4) is 0 Å². The molecule has 32 heavy (non-hydrogen) atoms. The van der Waals surface area contributed by atoms with Crippen LogP contribution in [0.1, 0.15) is 58.4 Å². The summed E-state index contributed by atoms with van der Waals surface area (Å²) in [6.45, 7) is 6.18. The molecule has 1 atom stereocenters. The molecule has 172 valence electrons. The molecule has 0 aromatic heterocycles. The highest BCUT2D eigenvalue weighted by atomic mass is 32.2. The van der Waals surface area contributed by atoms with Gasteiger partial charge in [-0.25, -0.2) is 8.42 Å². The summed E-state index contributed by atoms with van der Waals surface area (Å²) in [5.74, 6) is 0.156. The van der Waals surface area contributed by atoms with Crippen molar-refractivity contribution in [2.24, 2.45) is 0 Å². The summed E-state index contributed by atoms with van der Waals surface area (Å²) < 4.78 is 34.6. The molecule has 1 amide bonds. The fraction of sp³-hybridized carbons (Fsp3) is 0.480. The van der Waals surface area contributed by atoms with E-state index in [2.05, 4.69) is 26.1 Å². The number of carbonyl (C=O) groups excluding carboxylic acids is 1. The van der Waals surface area contributed by atoms with Crippen LogP contribution in [0.15, 0.2) is 53.4 Å². The average Bonchev–Trinajstić information content (AvgIpc) is 2.78. The lowest BCUT2D eigenvalue weighted by Gasteiger charge is -2.36. The number of carbonyl (C=O) groups is 1. The highest BCUT2D eigenvalue weighted by Gasteiger charge is 2.38. The van der Waals surface area contributed by atoms with Crippen LogP contribution in [0.2, 0.25) is 0 Å². The van der Waals surface area contributed by atoms with Gasteiger partial charge in [-0.2, -0.15) is 0 Å². The Morgan fingerprint density at radius 1 is 1.03 bits per heavy atom. The summed E-state index contributed by atoms with van der Waals surface area (Å²) in [6.07, 6.45) is 4.40. The van der Waals surface area contributed by atoms with E-state index in [1.54, 1.807) is 36.4 Å². The van der Waals surface area contributed by atoms with Crippen molar-refractivity contribution < 1.29 is 17.9 Å². The number of nitrogens with zero attached hydrogens (tertiary/aromatic N) is 1. The molecule has 0 saturated heterocycles. The quantitative estimate of drug-likeness (QED) is 0.740. The van der Waals surface area contributed by atoms with Gasteiger partial charge in [-0.3, -0.25) is 9.10 Å². The van der Waals surface area contributed by atoms with Gasteiger partial charge in [-0.05, 0) is 48.1 Å². The number of fused-ring (bicyclic) bond motifs is 1. The van der Waals surface area contributed by atoms with E-state index in [-0.39, 0.29) is 28.8 Å². The van der Waals surface area contributed by atoms with Crippen LogP contribution >= 0.6 is 0 Å². The van der Waals surface area contributed by atoms with Crippen molar-refractivity contribution in [2.75, 3.05) is 10.8 Å². The molecule has 0 spiro atoms. The van der Waals surface area contributed by atoms with E-state index >= 15 is 0 Å². The Morgan fingerprint density at radius 2 is 1.72 bits per heavy atom. The first-order valence-electron chi connectivity index (χ1n) is 11.4. The van der Waals surface area contributed by atoms with Crippen LogP contribution in [0, 0.1) is 0 Å². The molecule has 1 saturated carbocycles. The van der Waals surface area contributed by atoms with Crippen LogP contribution in [-0.4, -0.2) is 33.0 Å². The molecule has 6 nitrogen and oxygen atoms in total. The van der Waals surface area contributed by atoms with E-state index in [0.29, 0.717) is 11.4 Å². The van der Waals surface area contributed by atoms with E-state index < -0.39 is 16.1 Å². The van der Waals surface area contributed by atoms with E-state index in [0.717, 1.165) is 31.2 Å². The van der Waals surface area contributed by atoms with Gasteiger partial charge in [-0.1, -0.05) is 64.3 Å². The molecule has 0 bridgehead atoms. The van der Waals surface area contributed by atoms with Gasteiger partial charge in [-0.15, -0.1) is 0 Å². The Kier molecular flexibility index (Phi) is 6.21. The minimum atomic E-state index is -3.86. The molecule has 2 aromatic carbocycles. The molecular formula is C25H32N2O4S. The van der Waals surface area contributed by atoms with Crippen molar-refractivity contribution in [2.45, 2.75) is 75.3 Å². The number of nitrogens with one attached hydrogen (secondary N) is 1. The minimum Gasteiger partial charge on any atom is -0.476 e. The summed E-state index contributed by atoms with van der Waals surface area (Å²) in [4.78, 5) is 13.2. The third-order valence-electron chi connectivity index (χ3n) is 6.27. The topological polar surface area (TPSA) is 75.7 Å². The number of hydrogen-bond donors (Lipinski definition) is 1. The van der Waals surface area contributed by atoms with Crippen molar-refractivity contribution in [3.05, 3.63) is 54.1 Å². The van der Waals surface area contributed by atoms with Crippen molar-refractivity contribution in [1.29, 1.82) is 0 Å². The monoisotopic (exact) mass is 456 g/mol.